The average Bonchev–Trinajstić information content (AvgIpc) is 2.48. The SMILES string of the molecule is CN(C)c1ccc(CNC(=O)Cc2ccc(Cl)cc2)cc1. The molecule has 0 aliphatic rings. The number of carbonyl (C=O) groups excluding carboxylic acids is 1. The van der Waals surface area contributed by atoms with Gasteiger partial charge in [0.05, 0.1) is 6.42 Å². The molecule has 0 aliphatic carbocycles. The zero-order valence-corrected chi connectivity index (χ0v) is 13.0. The quantitative estimate of drug-likeness (QED) is 0.919. The molecule has 0 saturated heterocycles. The molecule has 0 atom stereocenters. The number of benzene rings is 2. The van der Waals surface area contributed by atoms with Gasteiger partial charge in [-0.25, -0.2) is 0 Å². The van der Waals surface area contributed by atoms with E-state index in [1.807, 2.05) is 55.4 Å². The minimum Gasteiger partial charge on any atom is -0.378 e. The normalized spacial score (nSPS) is 10.2. The molecule has 0 aliphatic heterocycles. The van der Waals surface area contributed by atoms with Crippen molar-refractivity contribution in [2.75, 3.05) is 19.0 Å². The van der Waals surface area contributed by atoms with Crippen molar-refractivity contribution in [1.82, 2.24) is 5.32 Å². The molecule has 1 amide bonds. The fourth-order valence-corrected chi connectivity index (χ4v) is 2.09. The lowest BCUT2D eigenvalue weighted by Crippen LogP contribution is -2.24. The highest BCUT2D eigenvalue weighted by Crippen LogP contribution is 2.12. The van der Waals surface area contributed by atoms with Crippen LogP contribution in [0.25, 0.3) is 0 Å². The number of amides is 1. The number of nitrogens with zero attached hydrogens (tertiary/aromatic N) is 1. The van der Waals surface area contributed by atoms with Crippen molar-refractivity contribution in [2.24, 2.45) is 0 Å². The van der Waals surface area contributed by atoms with Crippen LogP contribution in [-0.4, -0.2) is 20.0 Å². The van der Waals surface area contributed by atoms with Crippen LogP contribution in [0.1, 0.15) is 11.1 Å². The highest BCUT2D eigenvalue weighted by Gasteiger charge is 2.03. The molecule has 2 rings (SSSR count). The molecule has 0 unspecified atom stereocenters. The van der Waals surface area contributed by atoms with Crippen LogP contribution in [0.3, 0.4) is 0 Å². The Balaban J connectivity index is 1.84. The van der Waals surface area contributed by atoms with Crippen molar-refractivity contribution in [3.8, 4) is 0 Å². The minimum atomic E-state index is 0.00834. The average molecular weight is 303 g/mol. The van der Waals surface area contributed by atoms with E-state index in [2.05, 4.69) is 5.32 Å². The summed E-state index contributed by atoms with van der Waals surface area (Å²) in [4.78, 5) is 13.9. The zero-order chi connectivity index (χ0) is 15.2. The second-order valence-corrected chi connectivity index (χ2v) is 5.58. The molecule has 3 nitrogen and oxygen atoms in total. The topological polar surface area (TPSA) is 32.3 Å². The Morgan fingerprint density at radius 3 is 2.14 bits per heavy atom. The van der Waals surface area contributed by atoms with Crippen LogP contribution in [-0.2, 0) is 17.8 Å². The van der Waals surface area contributed by atoms with E-state index in [4.69, 9.17) is 11.6 Å². The van der Waals surface area contributed by atoms with Crippen molar-refractivity contribution in [3.05, 3.63) is 64.7 Å². The molecule has 21 heavy (non-hydrogen) atoms. The van der Waals surface area contributed by atoms with Gasteiger partial charge in [-0.3, -0.25) is 4.79 Å². The van der Waals surface area contributed by atoms with Gasteiger partial charge in [0.2, 0.25) is 5.91 Å². The number of carbonyl (C=O) groups is 1. The van der Waals surface area contributed by atoms with Crippen molar-refractivity contribution in [2.45, 2.75) is 13.0 Å². The summed E-state index contributed by atoms with van der Waals surface area (Å²) >= 11 is 5.82. The van der Waals surface area contributed by atoms with Gasteiger partial charge in [-0.1, -0.05) is 35.9 Å². The lowest BCUT2D eigenvalue weighted by atomic mass is 10.1. The fourth-order valence-electron chi connectivity index (χ4n) is 1.96. The Bertz CT molecular complexity index is 591. The number of hydrogen-bond donors (Lipinski definition) is 1. The molecule has 0 bridgehead atoms. The summed E-state index contributed by atoms with van der Waals surface area (Å²) in [6, 6.07) is 15.5. The third kappa shape index (κ3) is 4.80. The highest BCUT2D eigenvalue weighted by molar-refractivity contribution is 6.30. The molecule has 0 aromatic heterocycles. The van der Waals surface area contributed by atoms with Crippen molar-refractivity contribution in [3.63, 3.8) is 0 Å². The van der Waals surface area contributed by atoms with E-state index in [9.17, 15) is 4.79 Å². The molecule has 0 saturated carbocycles. The summed E-state index contributed by atoms with van der Waals surface area (Å²) in [5.74, 6) is 0.00834. The lowest BCUT2D eigenvalue weighted by molar-refractivity contribution is -0.120. The Labute approximate surface area is 130 Å². The number of rotatable bonds is 5. The fraction of sp³-hybridized carbons (Fsp3) is 0.235. The Kier molecular flexibility index (Phi) is 5.23. The van der Waals surface area contributed by atoms with Crippen molar-refractivity contribution >= 4 is 23.2 Å². The second kappa shape index (κ2) is 7.14. The first-order chi connectivity index (χ1) is 10.0. The summed E-state index contributed by atoms with van der Waals surface area (Å²) in [5, 5.41) is 3.61. The van der Waals surface area contributed by atoms with E-state index in [-0.39, 0.29) is 5.91 Å². The predicted octanol–water partition coefficient (Wildman–Crippen LogP) is 3.26. The van der Waals surface area contributed by atoms with E-state index < -0.39 is 0 Å². The lowest BCUT2D eigenvalue weighted by Gasteiger charge is -2.13. The maximum Gasteiger partial charge on any atom is 0.224 e. The van der Waals surface area contributed by atoms with Gasteiger partial charge < -0.3 is 10.2 Å². The summed E-state index contributed by atoms with van der Waals surface area (Å²) < 4.78 is 0. The van der Waals surface area contributed by atoms with E-state index >= 15 is 0 Å². The Morgan fingerprint density at radius 2 is 1.57 bits per heavy atom. The standard InChI is InChI=1S/C17H19ClN2O/c1-20(2)16-9-5-14(6-10-16)12-19-17(21)11-13-3-7-15(18)8-4-13/h3-10H,11-12H2,1-2H3,(H,19,21). The number of hydrogen-bond acceptors (Lipinski definition) is 2. The van der Waals surface area contributed by atoms with Crippen LogP contribution in [0.5, 0.6) is 0 Å². The summed E-state index contributed by atoms with van der Waals surface area (Å²) in [5.41, 5.74) is 3.19. The summed E-state index contributed by atoms with van der Waals surface area (Å²) in [6.45, 7) is 0.542. The van der Waals surface area contributed by atoms with Gasteiger partial charge >= 0.3 is 0 Å². The van der Waals surface area contributed by atoms with E-state index in [1.54, 1.807) is 12.1 Å². The summed E-state index contributed by atoms with van der Waals surface area (Å²) in [6.07, 6.45) is 0.368. The van der Waals surface area contributed by atoms with E-state index in [1.165, 1.54) is 0 Å². The van der Waals surface area contributed by atoms with Gasteiger partial charge in [-0.2, -0.15) is 0 Å². The van der Waals surface area contributed by atoms with Crippen LogP contribution in [0.2, 0.25) is 5.02 Å². The molecular weight excluding hydrogens is 284 g/mol. The molecular formula is C17H19ClN2O. The molecule has 0 fully saturated rings. The van der Waals surface area contributed by atoms with Crippen LogP contribution in [0.15, 0.2) is 48.5 Å². The molecule has 4 heteroatoms. The number of halogens is 1. The summed E-state index contributed by atoms with van der Waals surface area (Å²) in [7, 11) is 4.01. The largest absolute Gasteiger partial charge is 0.378 e. The van der Waals surface area contributed by atoms with Crippen LogP contribution in [0, 0.1) is 0 Å². The second-order valence-electron chi connectivity index (χ2n) is 5.14. The van der Waals surface area contributed by atoms with Crippen molar-refractivity contribution < 1.29 is 4.79 Å². The van der Waals surface area contributed by atoms with Gasteiger partial charge in [-0.05, 0) is 35.4 Å². The third-order valence-corrected chi connectivity index (χ3v) is 3.47. The van der Waals surface area contributed by atoms with E-state index in [0.717, 1.165) is 16.8 Å². The molecule has 0 radical (unpaired) electrons. The number of nitrogens with one attached hydrogen (secondary N) is 1. The van der Waals surface area contributed by atoms with Gasteiger partial charge in [0.1, 0.15) is 0 Å². The van der Waals surface area contributed by atoms with E-state index in [0.29, 0.717) is 18.0 Å². The van der Waals surface area contributed by atoms with Gasteiger partial charge in [0.15, 0.2) is 0 Å². The van der Waals surface area contributed by atoms with Crippen molar-refractivity contribution in [1.29, 1.82) is 0 Å². The van der Waals surface area contributed by atoms with Gasteiger partial charge in [0.25, 0.3) is 0 Å². The van der Waals surface area contributed by atoms with Crippen LogP contribution >= 0.6 is 11.6 Å². The molecule has 2 aromatic carbocycles. The molecule has 1 N–H and O–H groups in total. The van der Waals surface area contributed by atoms with Crippen LogP contribution < -0.4 is 10.2 Å². The Hall–Kier alpha value is -2.00. The van der Waals surface area contributed by atoms with Gasteiger partial charge in [0, 0.05) is 31.4 Å². The zero-order valence-electron chi connectivity index (χ0n) is 12.3. The Morgan fingerprint density at radius 1 is 1.00 bits per heavy atom. The monoisotopic (exact) mass is 302 g/mol. The molecule has 0 spiro atoms. The first-order valence-corrected chi connectivity index (χ1v) is 7.20. The van der Waals surface area contributed by atoms with Crippen LogP contribution in [0.4, 0.5) is 5.69 Å². The van der Waals surface area contributed by atoms with Gasteiger partial charge in [-0.15, -0.1) is 0 Å². The highest BCUT2D eigenvalue weighted by atomic mass is 35.5. The molecule has 2 aromatic rings. The number of anilines is 1. The minimum absolute atomic E-state index is 0.00834. The maximum absolute atomic E-state index is 11.9. The maximum atomic E-state index is 11.9. The predicted molar refractivity (Wildman–Crippen MR) is 87.8 cm³/mol. The molecule has 0 heterocycles. The first kappa shape index (κ1) is 15.4. The molecule has 110 valence electrons. The smallest absolute Gasteiger partial charge is 0.224 e. The third-order valence-electron chi connectivity index (χ3n) is 3.22. The first-order valence-electron chi connectivity index (χ1n) is 6.82.